The van der Waals surface area contributed by atoms with Crippen molar-refractivity contribution in [2.24, 2.45) is 5.92 Å². The number of nitrogens with zero attached hydrogens (tertiary/aromatic N) is 2. The van der Waals surface area contributed by atoms with Gasteiger partial charge in [0.15, 0.2) is 18.1 Å². The molecule has 0 bridgehead atoms. The van der Waals surface area contributed by atoms with Crippen molar-refractivity contribution >= 4 is 17.6 Å². The molecule has 0 saturated carbocycles. The lowest BCUT2D eigenvalue weighted by Gasteiger charge is -2.30. The van der Waals surface area contributed by atoms with E-state index in [1.165, 1.54) is 23.1 Å². The Balaban J connectivity index is 1.98. The maximum atomic E-state index is 12.2. The molecule has 0 radical (unpaired) electrons. The summed E-state index contributed by atoms with van der Waals surface area (Å²) in [7, 11) is 0. The molecule has 1 aromatic carbocycles. The number of hydrogen-bond acceptors (Lipinski definition) is 6. The topological polar surface area (TPSA) is 119 Å². The van der Waals surface area contributed by atoms with Crippen LogP contribution >= 0.6 is 0 Å². The fraction of sp³-hybridized carbons (Fsp3) is 0.500. The summed E-state index contributed by atoms with van der Waals surface area (Å²) in [6.07, 6.45) is 0.810. The maximum absolute atomic E-state index is 12.2. The summed E-state index contributed by atoms with van der Waals surface area (Å²) in [6, 6.07) is 3.95. The number of nitro groups is 1. The highest BCUT2D eigenvalue weighted by Crippen LogP contribution is 2.31. The van der Waals surface area contributed by atoms with E-state index in [0.29, 0.717) is 38.3 Å². The highest BCUT2D eigenvalue weighted by atomic mass is 16.6. The number of likely N-dealkylation sites (tertiary alicyclic amines) is 1. The van der Waals surface area contributed by atoms with E-state index in [0.717, 1.165) is 0 Å². The van der Waals surface area contributed by atoms with E-state index in [9.17, 15) is 19.7 Å². The van der Waals surface area contributed by atoms with E-state index >= 15 is 0 Å². The van der Waals surface area contributed by atoms with E-state index in [1.807, 2.05) is 0 Å². The van der Waals surface area contributed by atoms with Crippen molar-refractivity contribution in [3.63, 3.8) is 0 Å². The van der Waals surface area contributed by atoms with Gasteiger partial charge in [0.2, 0.25) is 0 Å². The number of ether oxygens (including phenoxy) is 2. The summed E-state index contributed by atoms with van der Waals surface area (Å²) in [5.74, 6) is -1.11. The van der Waals surface area contributed by atoms with E-state index in [4.69, 9.17) is 14.6 Å². The van der Waals surface area contributed by atoms with Gasteiger partial charge in [0.1, 0.15) is 0 Å². The smallest absolute Gasteiger partial charge is 0.306 e. The number of amides is 1. The number of benzene rings is 1. The highest BCUT2D eigenvalue weighted by molar-refractivity contribution is 5.78. The van der Waals surface area contributed by atoms with E-state index in [-0.39, 0.29) is 24.0 Å². The lowest BCUT2D eigenvalue weighted by Crippen LogP contribution is -2.42. The Morgan fingerprint density at radius 3 is 2.52 bits per heavy atom. The average molecular weight is 352 g/mol. The van der Waals surface area contributed by atoms with Crippen molar-refractivity contribution in [3.8, 4) is 11.5 Å². The number of non-ortho nitro benzene ring substituents is 1. The number of aliphatic carboxylic acids is 1. The Morgan fingerprint density at radius 2 is 1.96 bits per heavy atom. The largest absolute Gasteiger partial charge is 0.490 e. The predicted octanol–water partition coefficient (Wildman–Crippen LogP) is 1.70. The first-order valence-electron chi connectivity index (χ1n) is 7.97. The van der Waals surface area contributed by atoms with Crippen LogP contribution in [0, 0.1) is 16.0 Å². The molecular formula is C16H20N2O7. The zero-order chi connectivity index (χ0) is 18.4. The third-order valence-electron chi connectivity index (χ3n) is 3.99. The zero-order valence-corrected chi connectivity index (χ0v) is 13.8. The average Bonchev–Trinajstić information content (AvgIpc) is 2.60. The predicted molar refractivity (Wildman–Crippen MR) is 86.7 cm³/mol. The van der Waals surface area contributed by atoms with Crippen LogP contribution in [0.25, 0.3) is 0 Å². The Hall–Kier alpha value is -2.84. The van der Waals surface area contributed by atoms with Gasteiger partial charge in [-0.15, -0.1) is 0 Å². The molecular weight excluding hydrogens is 332 g/mol. The molecule has 0 atom stereocenters. The normalized spacial score (nSPS) is 14.8. The van der Waals surface area contributed by atoms with Gasteiger partial charge in [0.05, 0.1) is 23.5 Å². The van der Waals surface area contributed by atoms with Crippen LogP contribution in [0.4, 0.5) is 5.69 Å². The summed E-state index contributed by atoms with van der Waals surface area (Å²) in [6.45, 7) is 2.53. The number of hydrogen-bond donors (Lipinski definition) is 1. The third-order valence-corrected chi connectivity index (χ3v) is 3.99. The summed E-state index contributed by atoms with van der Waals surface area (Å²) < 4.78 is 10.8. The van der Waals surface area contributed by atoms with Crippen molar-refractivity contribution in [3.05, 3.63) is 28.3 Å². The monoisotopic (exact) mass is 352 g/mol. The fourth-order valence-electron chi connectivity index (χ4n) is 2.60. The zero-order valence-electron chi connectivity index (χ0n) is 13.8. The molecule has 1 heterocycles. The number of nitro benzene ring substituents is 1. The van der Waals surface area contributed by atoms with Crippen molar-refractivity contribution in [2.45, 2.75) is 19.8 Å². The first-order valence-corrected chi connectivity index (χ1v) is 7.97. The molecule has 0 aromatic heterocycles. The molecule has 0 unspecified atom stereocenters. The SMILES string of the molecule is CCOc1ccc([N+](=O)[O-])cc1OCC(=O)N1CCC(C(=O)O)CC1. The number of carbonyl (C=O) groups is 2. The van der Waals surface area contributed by atoms with Crippen LogP contribution < -0.4 is 9.47 Å². The summed E-state index contributed by atoms with van der Waals surface area (Å²) in [5.41, 5.74) is -0.159. The van der Waals surface area contributed by atoms with Crippen LogP contribution in [-0.2, 0) is 9.59 Å². The van der Waals surface area contributed by atoms with Crippen LogP contribution in [-0.4, -0.2) is 53.1 Å². The van der Waals surface area contributed by atoms with Crippen LogP contribution in [0.5, 0.6) is 11.5 Å². The second-order valence-electron chi connectivity index (χ2n) is 5.60. The van der Waals surface area contributed by atoms with Gasteiger partial charge < -0.3 is 19.5 Å². The van der Waals surface area contributed by atoms with Crippen LogP contribution in [0.3, 0.4) is 0 Å². The maximum Gasteiger partial charge on any atom is 0.306 e. The van der Waals surface area contributed by atoms with E-state index in [2.05, 4.69) is 0 Å². The van der Waals surface area contributed by atoms with Crippen molar-refractivity contribution in [1.29, 1.82) is 0 Å². The standard InChI is InChI=1S/C16H20N2O7/c1-2-24-13-4-3-12(18(22)23)9-14(13)25-10-15(19)17-7-5-11(6-8-17)16(20)21/h3-4,9,11H,2,5-8,10H2,1H3,(H,20,21). The van der Waals surface area contributed by atoms with E-state index < -0.39 is 16.8 Å². The summed E-state index contributed by atoms with van der Waals surface area (Å²) >= 11 is 0. The molecule has 1 saturated heterocycles. The van der Waals surface area contributed by atoms with Crippen molar-refractivity contribution < 1.29 is 29.1 Å². The fourth-order valence-corrected chi connectivity index (χ4v) is 2.60. The molecule has 136 valence electrons. The first kappa shape index (κ1) is 18.5. The molecule has 9 nitrogen and oxygen atoms in total. The number of carboxylic acid groups (broad SMARTS) is 1. The molecule has 0 spiro atoms. The molecule has 9 heteroatoms. The summed E-state index contributed by atoms with van der Waals surface area (Å²) in [4.78, 5) is 35.0. The molecule has 25 heavy (non-hydrogen) atoms. The molecule has 1 aliphatic rings. The Kier molecular flexibility index (Phi) is 6.15. The van der Waals surface area contributed by atoms with Gasteiger partial charge in [-0.1, -0.05) is 0 Å². The lowest BCUT2D eigenvalue weighted by atomic mass is 9.97. The lowest BCUT2D eigenvalue weighted by molar-refractivity contribution is -0.385. The Bertz CT molecular complexity index is 654. The number of rotatable bonds is 7. The third kappa shape index (κ3) is 4.82. The number of piperidine rings is 1. The molecule has 2 rings (SSSR count). The molecule has 1 fully saturated rings. The highest BCUT2D eigenvalue weighted by Gasteiger charge is 2.27. The van der Waals surface area contributed by atoms with Crippen molar-refractivity contribution in [2.75, 3.05) is 26.3 Å². The van der Waals surface area contributed by atoms with E-state index in [1.54, 1.807) is 6.92 Å². The molecule has 1 N–H and O–H groups in total. The van der Waals surface area contributed by atoms with Gasteiger partial charge in [0.25, 0.3) is 11.6 Å². The van der Waals surface area contributed by atoms with Crippen LogP contribution in [0.1, 0.15) is 19.8 Å². The van der Waals surface area contributed by atoms with Crippen molar-refractivity contribution in [1.82, 2.24) is 4.90 Å². The molecule has 1 aliphatic heterocycles. The van der Waals surface area contributed by atoms with Gasteiger partial charge in [-0.25, -0.2) is 0 Å². The quantitative estimate of drug-likeness (QED) is 0.586. The first-order chi connectivity index (χ1) is 11.9. The van der Waals surface area contributed by atoms with Crippen LogP contribution in [0.15, 0.2) is 18.2 Å². The van der Waals surface area contributed by atoms with Gasteiger partial charge >= 0.3 is 5.97 Å². The van der Waals surface area contributed by atoms with Gasteiger partial charge in [-0.3, -0.25) is 19.7 Å². The van der Waals surface area contributed by atoms with Gasteiger partial charge in [-0.2, -0.15) is 0 Å². The summed E-state index contributed by atoms with van der Waals surface area (Å²) in [5, 5.41) is 19.8. The minimum absolute atomic E-state index is 0.129. The minimum Gasteiger partial charge on any atom is -0.490 e. The van der Waals surface area contributed by atoms with Crippen LogP contribution in [0.2, 0.25) is 0 Å². The van der Waals surface area contributed by atoms with Gasteiger partial charge in [-0.05, 0) is 25.8 Å². The second-order valence-corrected chi connectivity index (χ2v) is 5.60. The molecule has 1 aromatic rings. The van der Waals surface area contributed by atoms with Gasteiger partial charge in [0, 0.05) is 19.2 Å². The minimum atomic E-state index is -0.846. The molecule has 0 aliphatic carbocycles. The number of carboxylic acids is 1. The Labute approximate surface area is 144 Å². The molecule has 1 amide bonds. The number of carbonyl (C=O) groups excluding carboxylic acids is 1. The Morgan fingerprint density at radius 1 is 1.28 bits per heavy atom. The second kappa shape index (κ2) is 8.32.